The average Bonchev–Trinajstić information content (AvgIpc) is 2.27. The standard InChI is InChI=1S/C16H26N2/c1-12(2)9-15(17)11-13-6-7-16-14(10-13)5-4-8-18(16)3/h6-7,10,12,15H,4-5,8-9,11,17H2,1-3H3. The molecule has 2 rings (SSSR count). The minimum absolute atomic E-state index is 0.296. The van der Waals surface area contributed by atoms with E-state index in [4.69, 9.17) is 5.73 Å². The molecule has 0 saturated carbocycles. The highest BCUT2D eigenvalue weighted by Gasteiger charge is 2.14. The fourth-order valence-electron chi connectivity index (χ4n) is 2.96. The fourth-order valence-corrected chi connectivity index (χ4v) is 2.96. The van der Waals surface area contributed by atoms with Gasteiger partial charge in [-0.25, -0.2) is 0 Å². The summed E-state index contributed by atoms with van der Waals surface area (Å²) in [5.74, 6) is 0.684. The number of anilines is 1. The summed E-state index contributed by atoms with van der Waals surface area (Å²) >= 11 is 0. The van der Waals surface area contributed by atoms with Crippen molar-refractivity contribution in [2.24, 2.45) is 11.7 Å². The van der Waals surface area contributed by atoms with Crippen LogP contribution in [0.15, 0.2) is 18.2 Å². The lowest BCUT2D eigenvalue weighted by Crippen LogP contribution is -2.26. The van der Waals surface area contributed by atoms with Gasteiger partial charge in [-0.15, -0.1) is 0 Å². The molecule has 2 heteroatoms. The third kappa shape index (κ3) is 3.26. The first-order valence-electron chi connectivity index (χ1n) is 7.14. The highest BCUT2D eigenvalue weighted by molar-refractivity contribution is 5.56. The SMILES string of the molecule is CC(C)CC(N)Cc1ccc2c(c1)CCCN2C. The third-order valence-corrected chi connectivity index (χ3v) is 3.77. The molecule has 0 aliphatic carbocycles. The largest absolute Gasteiger partial charge is 0.374 e. The second-order valence-electron chi connectivity index (χ2n) is 6.08. The van der Waals surface area contributed by atoms with Gasteiger partial charge in [-0.05, 0) is 48.8 Å². The minimum Gasteiger partial charge on any atom is -0.374 e. The monoisotopic (exact) mass is 246 g/mol. The van der Waals surface area contributed by atoms with Crippen LogP contribution in [0.3, 0.4) is 0 Å². The third-order valence-electron chi connectivity index (χ3n) is 3.77. The summed E-state index contributed by atoms with van der Waals surface area (Å²) in [5, 5.41) is 0. The van der Waals surface area contributed by atoms with Crippen LogP contribution in [0.25, 0.3) is 0 Å². The van der Waals surface area contributed by atoms with Gasteiger partial charge < -0.3 is 10.6 Å². The summed E-state index contributed by atoms with van der Waals surface area (Å²) in [6.07, 6.45) is 4.60. The maximum Gasteiger partial charge on any atom is 0.0396 e. The van der Waals surface area contributed by atoms with Crippen molar-refractivity contribution in [1.29, 1.82) is 0 Å². The summed E-state index contributed by atoms with van der Waals surface area (Å²) in [6.45, 7) is 5.66. The molecule has 0 aromatic heterocycles. The molecule has 1 aromatic rings. The normalized spacial score (nSPS) is 16.8. The molecule has 0 fully saturated rings. The topological polar surface area (TPSA) is 29.3 Å². The molecule has 18 heavy (non-hydrogen) atoms. The van der Waals surface area contributed by atoms with Crippen LogP contribution in [0.1, 0.15) is 37.8 Å². The average molecular weight is 246 g/mol. The van der Waals surface area contributed by atoms with Crippen molar-refractivity contribution in [1.82, 2.24) is 0 Å². The van der Waals surface area contributed by atoms with Gasteiger partial charge in [0.05, 0.1) is 0 Å². The van der Waals surface area contributed by atoms with Crippen LogP contribution in [0.5, 0.6) is 0 Å². The molecule has 100 valence electrons. The van der Waals surface area contributed by atoms with E-state index in [0.29, 0.717) is 12.0 Å². The molecule has 1 aliphatic rings. The van der Waals surface area contributed by atoms with Gasteiger partial charge in [0.2, 0.25) is 0 Å². The van der Waals surface area contributed by atoms with Crippen LogP contribution in [-0.2, 0) is 12.8 Å². The van der Waals surface area contributed by atoms with Crippen molar-refractivity contribution in [2.75, 3.05) is 18.5 Å². The van der Waals surface area contributed by atoms with Gasteiger partial charge >= 0.3 is 0 Å². The zero-order valence-corrected chi connectivity index (χ0v) is 11.9. The molecule has 0 radical (unpaired) electrons. The number of hydrogen-bond donors (Lipinski definition) is 1. The predicted octanol–water partition coefficient (Wildman–Crippen LogP) is 2.98. The number of rotatable bonds is 4. The minimum atomic E-state index is 0.296. The van der Waals surface area contributed by atoms with E-state index in [2.05, 4.69) is 44.0 Å². The molecule has 1 unspecified atom stereocenters. The Hall–Kier alpha value is -1.02. The van der Waals surface area contributed by atoms with E-state index < -0.39 is 0 Å². The Bertz CT molecular complexity index is 398. The number of benzene rings is 1. The molecule has 2 nitrogen and oxygen atoms in total. The van der Waals surface area contributed by atoms with Gasteiger partial charge in [0, 0.05) is 25.3 Å². The molecular weight excluding hydrogens is 220 g/mol. The smallest absolute Gasteiger partial charge is 0.0396 e. The first kappa shape index (κ1) is 13.4. The second kappa shape index (κ2) is 5.75. The van der Waals surface area contributed by atoms with Crippen LogP contribution < -0.4 is 10.6 Å². The van der Waals surface area contributed by atoms with E-state index in [9.17, 15) is 0 Å². The van der Waals surface area contributed by atoms with Crippen molar-refractivity contribution in [3.8, 4) is 0 Å². The van der Waals surface area contributed by atoms with Crippen LogP contribution >= 0.6 is 0 Å². The predicted molar refractivity (Wildman–Crippen MR) is 79.2 cm³/mol. The summed E-state index contributed by atoms with van der Waals surface area (Å²) in [6, 6.07) is 7.18. The van der Waals surface area contributed by atoms with Crippen molar-refractivity contribution < 1.29 is 0 Å². The van der Waals surface area contributed by atoms with Gasteiger partial charge in [0.25, 0.3) is 0 Å². The first-order chi connectivity index (χ1) is 8.56. The van der Waals surface area contributed by atoms with Crippen LogP contribution in [0.4, 0.5) is 5.69 Å². The van der Waals surface area contributed by atoms with Crippen LogP contribution in [-0.4, -0.2) is 19.6 Å². The molecule has 0 bridgehead atoms. The molecule has 0 amide bonds. The zero-order valence-electron chi connectivity index (χ0n) is 11.9. The Morgan fingerprint density at radius 1 is 1.33 bits per heavy atom. The number of aryl methyl sites for hydroxylation is 1. The number of nitrogens with two attached hydrogens (primary N) is 1. The molecule has 1 aliphatic heterocycles. The van der Waals surface area contributed by atoms with Crippen molar-refractivity contribution in [2.45, 2.75) is 45.6 Å². The lowest BCUT2D eigenvalue weighted by atomic mass is 9.94. The van der Waals surface area contributed by atoms with E-state index in [1.165, 1.54) is 36.2 Å². The van der Waals surface area contributed by atoms with Crippen LogP contribution in [0, 0.1) is 5.92 Å². The molecule has 1 atom stereocenters. The van der Waals surface area contributed by atoms with Crippen LogP contribution in [0.2, 0.25) is 0 Å². The maximum atomic E-state index is 6.20. The molecule has 1 aromatic carbocycles. The summed E-state index contributed by atoms with van der Waals surface area (Å²) < 4.78 is 0. The van der Waals surface area contributed by atoms with Gasteiger partial charge in [-0.3, -0.25) is 0 Å². The van der Waals surface area contributed by atoms with Gasteiger partial charge in [0.15, 0.2) is 0 Å². The number of nitrogens with zero attached hydrogens (tertiary/aromatic N) is 1. The Balaban J connectivity index is 2.07. The molecule has 1 heterocycles. The van der Waals surface area contributed by atoms with Gasteiger partial charge in [0.1, 0.15) is 0 Å². The lowest BCUT2D eigenvalue weighted by Gasteiger charge is -2.28. The molecular formula is C16H26N2. The summed E-state index contributed by atoms with van der Waals surface area (Å²) in [7, 11) is 2.18. The molecule has 0 saturated heterocycles. The second-order valence-corrected chi connectivity index (χ2v) is 6.08. The Kier molecular flexibility index (Phi) is 4.28. The van der Waals surface area contributed by atoms with Crippen molar-refractivity contribution in [3.05, 3.63) is 29.3 Å². The fraction of sp³-hybridized carbons (Fsp3) is 0.625. The lowest BCUT2D eigenvalue weighted by molar-refractivity contribution is 0.493. The first-order valence-corrected chi connectivity index (χ1v) is 7.14. The van der Waals surface area contributed by atoms with E-state index in [0.717, 1.165) is 12.8 Å². The van der Waals surface area contributed by atoms with E-state index in [1.54, 1.807) is 0 Å². The highest BCUT2D eigenvalue weighted by atomic mass is 15.1. The van der Waals surface area contributed by atoms with E-state index >= 15 is 0 Å². The van der Waals surface area contributed by atoms with E-state index in [1.807, 2.05) is 0 Å². The highest BCUT2D eigenvalue weighted by Crippen LogP contribution is 2.27. The Labute approximate surface area is 111 Å². The van der Waals surface area contributed by atoms with Crippen molar-refractivity contribution >= 4 is 5.69 Å². The molecule has 2 N–H and O–H groups in total. The van der Waals surface area contributed by atoms with E-state index in [-0.39, 0.29) is 0 Å². The number of hydrogen-bond acceptors (Lipinski definition) is 2. The number of fused-ring (bicyclic) bond motifs is 1. The van der Waals surface area contributed by atoms with Crippen molar-refractivity contribution in [3.63, 3.8) is 0 Å². The summed E-state index contributed by atoms with van der Waals surface area (Å²) in [4.78, 5) is 2.36. The maximum absolute atomic E-state index is 6.20. The zero-order chi connectivity index (χ0) is 13.1. The van der Waals surface area contributed by atoms with Gasteiger partial charge in [-0.2, -0.15) is 0 Å². The van der Waals surface area contributed by atoms with Gasteiger partial charge in [-0.1, -0.05) is 26.0 Å². The summed E-state index contributed by atoms with van der Waals surface area (Å²) in [5.41, 5.74) is 10.5. The Morgan fingerprint density at radius 3 is 2.83 bits per heavy atom. The Morgan fingerprint density at radius 2 is 2.11 bits per heavy atom. The molecule has 0 spiro atoms. The quantitative estimate of drug-likeness (QED) is 0.885.